The number of aliphatic carboxylic acids is 1. The van der Waals surface area contributed by atoms with Crippen LogP contribution in [-0.4, -0.2) is 11.1 Å². The number of rotatable bonds is 3. The molecule has 0 bridgehead atoms. The van der Waals surface area contributed by atoms with Crippen LogP contribution in [0.1, 0.15) is 35.3 Å². The van der Waals surface area contributed by atoms with Crippen molar-refractivity contribution in [2.24, 2.45) is 4.99 Å². The standard InChI is InChI=1S/C21H19NO3S/c1-13(20(23)24)15-9-4-5-11-17(15)22-21-25-19-16-10-3-2-7-14(16)8-6-12-18(19)26-21/h2-5,7,9-11,13H,6,8,12H2,1H3,(H,23,24). The molecule has 0 radical (unpaired) electrons. The molecule has 4 nitrogen and oxygen atoms in total. The fraction of sp³-hybridized carbons (Fsp3) is 0.238. The molecule has 0 saturated heterocycles. The molecule has 0 fully saturated rings. The molecule has 3 aromatic rings. The zero-order valence-electron chi connectivity index (χ0n) is 14.4. The van der Waals surface area contributed by atoms with Crippen LogP contribution < -0.4 is 4.87 Å². The van der Waals surface area contributed by atoms with Crippen LogP contribution in [-0.2, 0) is 17.6 Å². The summed E-state index contributed by atoms with van der Waals surface area (Å²) in [5.41, 5.74) is 3.79. The lowest BCUT2D eigenvalue weighted by molar-refractivity contribution is -0.138. The quantitative estimate of drug-likeness (QED) is 0.717. The molecular weight excluding hydrogens is 346 g/mol. The Morgan fingerprint density at radius 2 is 1.92 bits per heavy atom. The lowest BCUT2D eigenvalue weighted by Gasteiger charge is -2.08. The molecule has 0 spiro atoms. The molecule has 0 aliphatic heterocycles. The maximum absolute atomic E-state index is 11.4. The Morgan fingerprint density at radius 1 is 1.15 bits per heavy atom. The number of hydrogen-bond acceptors (Lipinski definition) is 4. The minimum atomic E-state index is -0.861. The summed E-state index contributed by atoms with van der Waals surface area (Å²) >= 11 is 1.56. The minimum Gasteiger partial charge on any atom is -0.481 e. The average Bonchev–Trinajstić information content (AvgIpc) is 2.96. The van der Waals surface area contributed by atoms with E-state index in [9.17, 15) is 9.90 Å². The second kappa shape index (κ2) is 6.92. The summed E-state index contributed by atoms with van der Waals surface area (Å²) in [4.78, 5) is 17.8. The summed E-state index contributed by atoms with van der Waals surface area (Å²) in [6, 6.07) is 15.7. The van der Waals surface area contributed by atoms with Crippen LogP contribution in [0, 0.1) is 0 Å². The van der Waals surface area contributed by atoms with E-state index in [1.807, 2.05) is 30.3 Å². The van der Waals surface area contributed by atoms with E-state index >= 15 is 0 Å². The normalized spacial score (nSPS) is 15.0. The molecule has 2 aromatic carbocycles. The third-order valence-corrected chi connectivity index (χ3v) is 5.74. The number of para-hydroxylation sites is 1. The van der Waals surface area contributed by atoms with Crippen molar-refractivity contribution in [3.8, 4) is 11.3 Å². The van der Waals surface area contributed by atoms with Gasteiger partial charge in [0, 0.05) is 5.56 Å². The van der Waals surface area contributed by atoms with Gasteiger partial charge in [-0.25, -0.2) is 4.99 Å². The zero-order valence-corrected chi connectivity index (χ0v) is 15.3. The molecular formula is C21H19NO3S. The molecule has 5 heteroatoms. The smallest absolute Gasteiger partial charge is 0.310 e. The van der Waals surface area contributed by atoms with Crippen LogP contribution in [0.4, 0.5) is 5.69 Å². The summed E-state index contributed by atoms with van der Waals surface area (Å²) < 4.78 is 6.12. The monoisotopic (exact) mass is 365 g/mol. The number of hydrogen-bond donors (Lipinski definition) is 1. The molecule has 132 valence electrons. The molecule has 1 N–H and O–H groups in total. The Bertz CT molecular complexity index is 1030. The number of carboxylic acid groups (broad SMARTS) is 1. The van der Waals surface area contributed by atoms with Crippen LogP contribution in [0.3, 0.4) is 0 Å². The van der Waals surface area contributed by atoms with Crippen molar-refractivity contribution < 1.29 is 14.3 Å². The van der Waals surface area contributed by atoms with Gasteiger partial charge in [-0.2, -0.15) is 0 Å². The van der Waals surface area contributed by atoms with E-state index in [0.717, 1.165) is 30.6 Å². The van der Waals surface area contributed by atoms with E-state index in [1.54, 1.807) is 18.3 Å². The van der Waals surface area contributed by atoms with Crippen molar-refractivity contribution in [2.45, 2.75) is 32.1 Å². The van der Waals surface area contributed by atoms with E-state index < -0.39 is 11.9 Å². The van der Waals surface area contributed by atoms with E-state index in [4.69, 9.17) is 4.42 Å². The van der Waals surface area contributed by atoms with Gasteiger partial charge in [0.1, 0.15) is 0 Å². The Kier molecular flexibility index (Phi) is 4.47. The molecule has 1 aliphatic carbocycles. The molecule has 0 amide bonds. The summed E-state index contributed by atoms with van der Waals surface area (Å²) in [6.07, 6.45) is 3.12. The molecule has 1 atom stereocenters. The molecule has 0 saturated carbocycles. The van der Waals surface area contributed by atoms with Crippen LogP contribution in [0.15, 0.2) is 57.9 Å². The molecule has 1 aliphatic rings. The van der Waals surface area contributed by atoms with Gasteiger partial charge in [0.05, 0.1) is 16.5 Å². The Balaban J connectivity index is 1.83. The summed E-state index contributed by atoms with van der Waals surface area (Å²) in [7, 11) is 0. The fourth-order valence-corrected chi connectivity index (χ4v) is 4.29. The first kappa shape index (κ1) is 16.8. The average molecular weight is 365 g/mol. The van der Waals surface area contributed by atoms with Crippen molar-refractivity contribution in [2.75, 3.05) is 0 Å². The number of aryl methyl sites for hydroxylation is 2. The maximum Gasteiger partial charge on any atom is 0.310 e. The van der Waals surface area contributed by atoms with E-state index in [1.165, 1.54) is 10.4 Å². The largest absolute Gasteiger partial charge is 0.481 e. The van der Waals surface area contributed by atoms with Gasteiger partial charge in [0.25, 0.3) is 4.87 Å². The summed E-state index contributed by atoms with van der Waals surface area (Å²) in [5.74, 6) is -0.570. The molecule has 1 aromatic heterocycles. The first-order chi connectivity index (χ1) is 12.6. The third-order valence-electron chi connectivity index (χ3n) is 4.75. The highest BCUT2D eigenvalue weighted by molar-refractivity contribution is 7.09. The predicted octanol–water partition coefficient (Wildman–Crippen LogP) is 4.92. The van der Waals surface area contributed by atoms with Gasteiger partial charge >= 0.3 is 5.97 Å². The van der Waals surface area contributed by atoms with Gasteiger partial charge in [0.15, 0.2) is 5.76 Å². The Hall–Kier alpha value is -2.66. The highest BCUT2D eigenvalue weighted by Gasteiger charge is 2.20. The van der Waals surface area contributed by atoms with Gasteiger partial charge in [0.2, 0.25) is 0 Å². The lowest BCUT2D eigenvalue weighted by Crippen LogP contribution is -2.07. The Labute approximate surface area is 155 Å². The number of benzene rings is 2. The Morgan fingerprint density at radius 3 is 2.77 bits per heavy atom. The molecule has 26 heavy (non-hydrogen) atoms. The SMILES string of the molecule is CC(C(=O)O)c1ccccc1N=c1oc2c(s1)CCCc1ccccc1-2. The van der Waals surface area contributed by atoms with Gasteiger partial charge < -0.3 is 9.52 Å². The van der Waals surface area contributed by atoms with Gasteiger partial charge in [-0.1, -0.05) is 53.8 Å². The van der Waals surface area contributed by atoms with Crippen molar-refractivity contribution in [3.05, 3.63) is 69.4 Å². The van der Waals surface area contributed by atoms with Crippen LogP contribution >= 0.6 is 11.3 Å². The van der Waals surface area contributed by atoms with Crippen LogP contribution in [0.2, 0.25) is 0 Å². The number of fused-ring (bicyclic) bond motifs is 3. The van der Waals surface area contributed by atoms with Gasteiger partial charge in [-0.05, 0) is 43.4 Å². The number of nitrogens with zero attached hydrogens (tertiary/aromatic N) is 1. The zero-order chi connectivity index (χ0) is 18.1. The highest BCUT2D eigenvalue weighted by Crippen LogP contribution is 2.34. The third kappa shape index (κ3) is 3.10. The maximum atomic E-state index is 11.4. The van der Waals surface area contributed by atoms with E-state index in [0.29, 0.717) is 16.1 Å². The van der Waals surface area contributed by atoms with Crippen LogP contribution in [0.25, 0.3) is 11.3 Å². The molecule has 1 unspecified atom stereocenters. The first-order valence-corrected chi connectivity index (χ1v) is 9.52. The van der Waals surface area contributed by atoms with Crippen molar-refractivity contribution in [1.29, 1.82) is 0 Å². The van der Waals surface area contributed by atoms with E-state index in [2.05, 4.69) is 23.2 Å². The number of carbonyl (C=O) groups is 1. The minimum absolute atomic E-state index is 0.566. The first-order valence-electron chi connectivity index (χ1n) is 8.71. The predicted molar refractivity (Wildman–Crippen MR) is 102 cm³/mol. The fourth-order valence-electron chi connectivity index (χ4n) is 3.32. The van der Waals surface area contributed by atoms with Crippen molar-refractivity contribution >= 4 is 23.0 Å². The summed E-state index contributed by atoms with van der Waals surface area (Å²) in [6.45, 7) is 1.67. The molecule has 4 rings (SSSR count). The lowest BCUT2D eigenvalue weighted by atomic mass is 10.00. The van der Waals surface area contributed by atoms with Crippen molar-refractivity contribution in [1.82, 2.24) is 0 Å². The summed E-state index contributed by atoms with van der Waals surface area (Å²) in [5, 5.41) is 9.34. The second-order valence-electron chi connectivity index (χ2n) is 6.46. The van der Waals surface area contributed by atoms with Crippen molar-refractivity contribution in [3.63, 3.8) is 0 Å². The van der Waals surface area contributed by atoms with Crippen LogP contribution in [0.5, 0.6) is 0 Å². The second-order valence-corrected chi connectivity index (χ2v) is 7.51. The number of carboxylic acids is 1. The highest BCUT2D eigenvalue weighted by atomic mass is 32.1. The molecule has 1 heterocycles. The topological polar surface area (TPSA) is 62.8 Å². The van der Waals surface area contributed by atoms with E-state index in [-0.39, 0.29) is 0 Å². The van der Waals surface area contributed by atoms with Gasteiger partial charge in [-0.15, -0.1) is 0 Å². The van der Waals surface area contributed by atoms with Gasteiger partial charge in [-0.3, -0.25) is 4.79 Å².